The first-order valence-electron chi connectivity index (χ1n) is 11.1. The number of fused-ring (bicyclic) bond motifs is 1. The molecule has 0 radical (unpaired) electrons. The third-order valence-corrected chi connectivity index (χ3v) is 8.04. The van der Waals surface area contributed by atoms with Crippen molar-refractivity contribution in [3.05, 3.63) is 65.3 Å². The Bertz CT molecular complexity index is 1260. The van der Waals surface area contributed by atoms with E-state index < -0.39 is 52.8 Å². The second-order valence-corrected chi connectivity index (χ2v) is 10.4. The standard InChI is InChI=1S/C24H23ClF3N3O4S/c1-11(32)22-24(34-3)18(20(33-2)23(35-22)36-14-8-13(25)9-29-10-14)21(24)31-5-4-17(30-31)12-6-15(26)19(28)16(27)7-12/h4-11,18,20-23,32H,1-3H3/t11?,18?,20?,21?,22?,23-,24?/m1/s1. The highest BCUT2D eigenvalue weighted by atomic mass is 35.5. The number of thioether (sulfide) groups is 1. The molecule has 1 aromatic carbocycles. The number of ether oxygens (including phenoxy) is 3. The van der Waals surface area contributed by atoms with Crippen molar-refractivity contribution in [2.75, 3.05) is 14.2 Å². The van der Waals surface area contributed by atoms with Crippen LogP contribution in [0.5, 0.6) is 0 Å². The van der Waals surface area contributed by atoms with E-state index >= 15 is 0 Å². The lowest BCUT2D eigenvalue weighted by atomic mass is 9.99. The van der Waals surface area contributed by atoms with Crippen LogP contribution in [0.4, 0.5) is 13.2 Å². The average molecular weight is 542 g/mol. The third-order valence-electron chi connectivity index (χ3n) is 6.73. The lowest BCUT2D eigenvalue weighted by molar-refractivity contribution is -0.191. The maximum absolute atomic E-state index is 13.8. The van der Waals surface area contributed by atoms with Crippen LogP contribution in [-0.4, -0.2) is 63.4 Å². The molecule has 3 heterocycles. The van der Waals surface area contributed by atoms with E-state index in [1.807, 2.05) is 0 Å². The molecule has 1 aliphatic carbocycles. The molecule has 0 spiro atoms. The van der Waals surface area contributed by atoms with Crippen LogP contribution in [-0.2, 0) is 14.2 Å². The number of hydrogen-bond acceptors (Lipinski definition) is 7. The van der Waals surface area contributed by atoms with Crippen LogP contribution in [0.15, 0.2) is 47.8 Å². The Morgan fingerprint density at radius 1 is 1.19 bits per heavy atom. The number of hydrogen-bond donors (Lipinski definition) is 1. The first-order chi connectivity index (χ1) is 17.2. The molecule has 192 valence electrons. The summed E-state index contributed by atoms with van der Waals surface area (Å²) in [6.07, 6.45) is 2.73. The summed E-state index contributed by atoms with van der Waals surface area (Å²) >= 11 is 7.46. The van der Waals surface area contributed by atoms with Gasteiger partial charge in [-0.25, -0.2) is 13.2 Å². The van der Waals surface area contributed by atoms with Crippen LogP contribution in [0.3, 0.4) is 0 Å². The number of halogens is 4. The van der Waals surface area contributed by atoms with Gasteiger partial charge in [0.15, 0.2) is 17.5 Å². The van der Waals surface area contributed by atoms with Gasteiger partial charge < -0.3 is 19.3 Å². The SMILES string of the molecule is COC1C2C(n3ccc(-c4cc(F)c(F)c(F)c4)n3)C2(OC)C(C(C)O)O[C@@H]1Sc1cncc(Cl)c1. The van der Waals surface area contributed by atoms with Crippen LogP contribution in [0.2, 0.25) is 5.02 Å². The molecule has 2 aromatic heterocycles. The highest BCUT2D eigenvalue weighted by molar-refractivity contribution is 7.99. The van der Waals surface area contributed by atoms with E-state index in [0.717, 1.165) is 17.0 Å². The summed E-state index contributed by atoms with van der Waals surface area (Å²) < 4.78 is 60.8. The number of rotatable bonds is 7. The molecule has 6 unspecified atom stereocenters. The molecule has 0 bridgehead atoms. The number of aliphatic hydroxyl groups is 1. The van der Waals surface area contributed by atoms with Gasteiger partial charge in [0.05, 0.1) is 22.9 Å². The van der Waals surface area contributed by atoms with Crippen molar-refractivity contribution < 1.29 is 32.5 Å². The highest BCUT2D eigenvalue weighted by Gasteiger charge is 2.78. The van der Waals surface area contributed by atoms with Crippen molar-refractivity contribution in [1.82, 2.24) is 14.8 Å². The topological polar surface area (TPSA) is 78.6 Å². The molecule has 1 saturated carbocycles. The minimum atomic E-state index is -1.54. The van der Waals surface area contributed by atoms with Crippen LogP contribution < -0.4 is 0 Å². The number of aliphatic hydroxyl groups excluding tert-OH is 1. The Kier molecular flexibility index (Phi) is 6.81. The summed E-state index contributed by atoms with van der Waals surface area (Å²) in [5, 5.41) is 15.6. The van der Waals surface area contributed by atoms with Crippen molar-refractivity contribution >= 4 is 23.4 Å². The normalized spacial score (nSPS) is 30.2. The summed E-state index contributed by atoms with van der Waals surface area (Å²) in [6.45, 7) is 1.62. The van der Waals surface area contributed by atoms with Gasteiger partial charge in [-0.3, -0.25) is 9.67 Å². The fraction of sp³-hybridized carbons (Fsp3) is 0.417. The average Bonchev–Trinajstić information content (AvgIpc) is 3.27. The molecule has 36 heavy (non-hydrogen) atoms. The molecule has 2 aliphatic rings. The van der Waals surface area contributed by atoms with Gasteiger partial charge in [-0.15, -0.1) is 0 Å². The molecule has 12 heteroatoms. The zero-order valence-electron chi connectivity index (χ0n) is 19.4. The first kappa shape index (κ1) is 25.5. The predicted octanol–water partition coefficient (Wildman–Crippen LogP) is 4.48. The van der Waals surface area contributed by atoms with Gasteiger partial charge in [0.1, 0.15) is 23.2 Å². The summed E-state index contributed by atoms with van der Waals surface area (Å²) in [5.74, 6) is -4.42. The van der Waals surface area contributed by atoms with Gasteiger partial charge in [0.2, 0.25) is 0 Å². The highest BCUT2D eigenvalue weighted by Crippen LogP contribution is 2.66. The van der Waals surface area contributed by atoms with Gasteiger partial charge >= 0.3 is 0 Å². The number of pyridine rings is 1. The molecule has 7 nitrogen and oxygen atoms in total. The van der Waals surface area contributed by atoms with Gasteiger partial charge in [-0.05, 0) is 31.2 Å². The van der Waals surface area contributed by atoms with Gasteiger partial charge in [0.25, 0.3) is 0 Å². The van der Waals surface area contributed by atoms with Crippen LogP contribution in [0, 0.1) is 23.4 Å². The second-order valence-electron chi connectivity index (χ2n) is 8.79. The Morgan fingerprint density at radius 3 is 2.53 bits per heavy atom. The fourth-order valence-corrected chi connectivity index (χ4v) is 6.63. The van der Waals surface area contributed by atoms with E-state index in [2.05, 4.69) is 10.1 Å². The maximum atomic E-state index is 13.8. The first-order valence-corrected chi connectivity index (χ1v) is 12.4. The minimum Gasteiger partial charge on any atom is -0.391 e. The summed E-state index contributed by atoms with van der Waals surface area (Å²) in [5.41, 5.74) is -1.15. The van der Waals surface area contributed by atoms with Crippen molar-refractivity contribution in [1.29, 1.82) is 0 Å². The van der Waals surface area contributed by atoms with E-state index in [-0.39, 0.29) is 17.2 Å². The van der Waals surface area contributed by atoms with Gasteiger partial charge in [0, 0.05) is 49.2 Å². The molecule has 2 fully saturated rings. The molecule has 5 rings (SSSR count). The largest absolute Gasteiger partial charge is 0.391 e. The molecule has 7 atom stereocenters. The Morgan fingerprint density at radius 2 is 1.92 bits per heavy atom. The summed E-state index contributed by atoms with van der Waals surface area (Å²) in [7, 11) is 3.09. The number of aromatic nitrogens is 3. The van der Waals surface area contributed by atoms with Crippen LogP contribution in [0.1, 0.15) is 13.0 Å². The molecule has 1 saturated heterocycles. The van der Waals surface area contributed by atoms with E-state index in [9.17, 15) is 18.3 Å². The van der Waals surface area contributed by atoms with Crippen LogP contribution >= 0.6 is 23.4 Å². The van der Waals surface area contributed by atoms with E-state index in [4.69, 9.17) is 25.8 Å². The molecular weight excluding hydrogens is 519 g/mol. The van der Waals surface area contributed by atoms with Crippen molar-refractivity contribution in [3.8, 4) is 11.3 Å². The van der Waals surface area contributed by atoms with Gasteiger partial charge in [-0.2, -0.15) is 5.10 Å². The number of benzene rings is 1. The molecule has 1 aliphatic heterocycles. The van der Waals surface area contributed by atoms with Gasteiger partial charge in [-0.1, -0.05) is 23.4 Å². The van der Waals surface area contributed by atoms with Crippen molar-refractivity contribution in [2.24, 2.45) is 5.92 Å². The molecule has 1 N–H and O–H groups in total. The lowest BCUT2D eigenvalue weighted by Gasteiger charge is -2.40. The quantitative estimate of drug-likeness (QED) is 0.442. The maximum Gasteiger partial charge on any atom is 0.194 e. The van der Waals surface area contributed by atoms with Crippen molar-refractivity contribution in [2.45, 2.75) is 47.2 Å². The summed E-state index contributed by atoms with van der Waals surface area (Å²) in [6, 6.07) is 4.70. The summed E-state index contributed by atoms with van der Waals surface area (Å²) in [4.78, 5) is 4.88. The zero-order valence-corrected chi connectivity index (χ0v) is 21.0. The Labute approximate surface area is 214 Å². The Balaban J connectivity index is 1.49. The smallest absolute Gasteiger partial charge is 0.194 e. The van der Waals surface area contributed by atoms with E-state index in [0.29, 0.717) is 5.02 Å². The van der Waals surface area contributed by atoms with E-state index in [1.165, 1.54) is 25.1 Å². The number of methoxy groups -OCH3 is 2. The number of nitrogens with zero attached hydrogens (tertiary/aromatic N) is 3. The molecular formula is C24H23ClF3N3O4S. The monoisotopic (exact) mass is 541 g/mol. The molecule has 0 amide bonds. The van der Waals surface area contributed by atoms with Crippen molar-refractivity contribution in [3.63, 3.8) is 0 Å². The fourth-order valence-electron chi connectivity index (χ4n) is 5.21. The zero-order chi connectivity index (χ0) is 25.8. The molecule has 3 aromatic rings. The third kappa shape index (κ3) is 4.11. The van der Waals surface area contributed by atoms with E-state index in [1.54, 1.807) is 43.2 Å². The Hall–Kier alpha value is -2.15. The predicted molar refractivity (Wildman–Crippen MR) is 126 cm³/mol. The van der Waals surface area contributed by atoms with Crippen LogP contribution in [0.25, 0.3) is 11.3 Å². The lowest BCUT2D eigenvalue weighted by Crippen LogP contribution is -2.53. The second kappa shape index (κ2) is 9.62. The minimum absolute atomic E-state index is 0.0914.